The molecule has 0 spiro atoms. The van der Waals surface area contributed by atoms with Crippen molar-refractivity contribution in [2.75, 3.05) is 10.6 Å². The van der Waals surface area contributed by atoms with Gasteiger partial charge in [0.05, 0.1) is 0 Å². The molecule has 0 aromatic heterocycles. The molecular formula is C44H37N3O3S. The van der Waals surface area contributed by atoms with Gasteiger partial charge in [0.15, 0.2) is 0 Å². The highest BCUT2D eigenvalue weighted by molar-refractivity contribution is 8.00. The average Bonchev–Trinajstić information content (AvgIpc) is 3.15. The monoisotopic (exact) mass is 687 g/mol. The number of carbonyl (C=O) groups excluding carboxylic acids is 3. The van der Waals surface area contributed by atoms with E-state index < -0.39 is 17.1 Å². The van der Waals surface area contributed by atoms with E-state index in [0.717, 1.165) is 44.0 Å². The maximum atomic E-state index is 13.7. The standard InChI is InChI=1S/C44H37N3O3S/c1-30-26-31(2)28-38(27-30)46-44(50)41(35-14-8-4-9-15-35)51-39-24-22-37(23-25-39)45-43(49)40(47-42(48)36-16-10-5-11-17-36)29-32-18-20-34(21-19-32)33-12-6-3-7-13-33/h3-29,41H,1-2H3,(H,45,49)(H,46,50)(H,47,48)/b40-29-. The zero-order valence-electron chi connectivity index (χ0n) is 28.3. The van der Waals surface area contributed by atoms with E-state index >= 15 is 0 Å². The van der Waals surface area contributed by atoms with Gasteiger partial charge in [-0.15, -0.1) is 11.8 Å². The number of anilines is 2. The average molecular weight is 688 g/mol. The summed E-state index contributed by atoms with van der Waals surface area (Å²) >= 11 is 1.43. The Hall–Kier alpha value is -6.18. The van der Waals surface area contributed by atoms with E-state index in [4.69, 9.17) is 0 Å². The Morgan fingerprint density at radius 1 is 0.588 bits per heavy atom. The molecule has 0 heterocycles. The largest absolute Gasteiger partial charge is 0.325 e. The van der Waals surface area contributed by atoms with Gasteiger partial charge in [-0.25, -0.2) is 0 Å². The van der Waals surface area contributed by atoms with E-state index in [0.29, 0.717) is 11.3 Å². The van der Waals surface area contributed by atoms with Crippen molar-refractivity contribution in [3.8, 4) is 11.1 Å². The van der Waals surface area contributed by atoms with Crippen molar-refractivity contribution in [3.05, 3.63) is 191 Å². The Balaban J connectivity index is 1.20. The highest BCUT2D eigenvalue weighted by Gasteiger charge is 2.23. The summed E-state index contributed by atoms with van der Waals surface area (Å²) < 4.78 is 0. The maximum absolute atomic E-state index is 13.7. The molecule has 0 saturated heterocycles. The van der Waals surface area contributed by atoms with Gasteiger partial charge in [0, 0.05) is 21.8 Å². The molecule has 0 aliphatic rings. The summed E-state index contributed by atoms with van der Waals surface area (Å²) in [7, 11) is 0. The van der Waals surface area contributed by atoms with Crippen LogP contribution in [0.5, 0.6) is 0 Å². The van der Waals surface area contributed by atoms with Gasteiger partial charge in [0.2, 0.25) is 5.91 Å². The zero-order chi connectivity index (χ0) is 35.6. The highest BCUT2D eigenvalue weighted by atomic mass is 32.2. The normalized spacial score (nSPS) is 11.7. The lowest BCUT2D eigenvalue weighted by Crippen LogP contribution is -2.30. The number of benzene rings is 6. The molecule has 0 bridgehead atoms. The molecule has 6 aromatic carbocycles. The number of thioether (sulfide) groups is 1. The molecule has 3 N–H and O–H groups in total. The molecule has 1 unspecified atom stereocenters. The summed E-state index contributed by atoms with van der Waals surface area (Å²) in [6.45, 7) is 4.01. The van der Waals surface area contributed by atoms with Crippen LogP contribution in [0.2, 0.25) is 0 Å². The van der Waals surface area contributed by atoms with Gasteiger partial charge in [-0.05, 0) is 102 Å². The van der Waals surface area contributed by atoms with Crippen molar-refractivity contribution in [1.82, 2.24) is 5.32 Å². The van der Waals surface area contributed by atoms with E-state index in [9.17, 15) is 14.4 Å². The van der Waals surface area contributed by atoms with E-state index in [2.05, 4.69) is 22.0 Å². The molecule has 6 aromatic rings. The van der Waals surface area contributed by atoms with Gasteiger partial charge < -0.3 is 16.0 Å². The van der Waals surface area contributed by atoms with Gasteiger partial charge in [-0.2, -0.15) is 0 Å². The van der Waals surface area contributed by atoms with Crippen molar-refractivity contribution >= 4 is 46.9 Å². The van der Waals surface area contributed by atoms with Crippen LogP contribution < -0.4 is 16.0 Å². The number of hydrogen-bond acceptors (Lipinski definition) is 4. The molecule has 6 rings (SSSR count). The minimum atomic E-state index is -0.511. The summed E-state index contributed by atoms with van der Waals surface area (Å²) in [4.78, 5) is 41.3. The lowest BCUT2D eigenvalue weighted by Gasteiger charge is -2.18. The van der Waals surface area contributed by atoms with Crippen LogP contribution in [0, 0.1) is 13.8 Å². The molecule has 0 aliphatic carbocycles. The number of nitrogens with one attached hydrogen (secondary N) is 3. The SMILES string of the molecule is Cc1cc(C)cc(NC(=O)C(Sc2ccc(NC(=O)/C(=C/c3ccc(-c4ccccc4)cc3)NC(=O)c3ccccc3)cc2)c2ccccc2)c1. The number of rotatable bonds is 11. The first kappa shape index (κ1) is 34.7. The molecule has 3 amide bonds. The molecule has 0 aliphatic heterocycles. The lowest BCUT2D eigenvalue weighted by atomic mass is 10.0. The van der Waals surface area contributed by atoms with Gasteiger partial charge in [0.1, 0.15) is 10.9 Å². The third-order valence-corrected chi connectivity index (χ3v) is 9.32. The van der Waals surface area contributed by atoms with Gasteiger partial charge >= 0.3 is 0 Å². The Morgan fingerprint density at radius 2 is 1.16 bits per heavy atom. The number of carbonyl (C=O) groups is 3. The van der Waals surface area contributed by atoms with Crippen LogP contribution in [0.4, 0.5) is 11.4 Å². The van der Waals surface area contributed by atoms with Crippen LogP contribution >= 0.6 is 11.8 Å². The predicted octanol–water partition coefficient (Wildman–Crippen LogP) is 9.85. The summed E-state index contributed by atoms with van der Waals surface area (Å²) in [6, 6.07) is 49.5. The molecule has 1 atom stereocenters. The molecular weight excluding hydrogens is 651 g/mol. The zero-order valence-corrected chi connectivity index (χ0v) is 29.1. The van der Waals surface area contributed by atoms with E-state index in [1.54, 1.807) is 42.5 Å². The smallest absolute Gasteiger partial charge is 0.272 e. The number of hydrogen-bond donors (Lipinski definition) is 3. The molecule has 7 heteroatoms. The van der Waals surface area contributed by atoms with Crippen LogP contribution in [0.25, 0.3) is 17.2 Å². The fraction of sp³-hybridized carbons (Fsp3) is 0.0682. The van der Waals surface area contributed by atoms with Crippen molar-refractivity contribution in [2.24, 2.45) is 0 Å². The first-order valence-electron chi connectivity index (χ1n) is 16.6. The van der Waals surface area contributed by atoms with Crippen molar-refractivity contribution in [3.63, 3.8) is 0 Å². The maximum Gasteiger partial charge on any atom is 0.272 e. The first-order valence-corrected chi connectivity index (χ1v) is 17.4. The Labute approximate surface area is 302 Å². The van der Waals surface area contributed by atoms with Crippen LogP contribution in [-0.4, -0.2) is 17.7 Å². The third-order valence-electron chi connectivity index (χ3n) is 8.05. The molecule has 51 heavy (non-hydrogen) atoms. The molecule has 252 valence electrons. The molecule has 0 radical (unpaired) electrons. The minimum Gasteiger partial charge on any atom is -0.325 e. The first-order chi connectivity index (χ1) is 24.8. The predicted molar refractivity (Wildman–Crippen MR) is 208 cm³/mol. The summed E-state index contributed by atoms with van der Waals surface area (Å²) in [5.41, 5.74) is 7.74. The summed E-state index contributed by atoms with van der Waals surface area (Å²) in [6.07, 6.45) is 1.66. The van der Waals surface area contributed by atoms with Crippen LogP contribution in [-0.2, 0) is 9.59 Å². The molecule has 6 nitrogen and oxygen atoms in total. The summed E-state index contributed by atoms with van der Waals surface area (Å²) in [5, 5.41) is 8.31. The minimum absolute atomic E-state index is 0.0990. The van der Waals surface area contributed by atoms with Crippen molar-refractivity contribution in [2.45, 2.75) is 24.0 Å². The van der Waals surface area contributed by atoms with E-state index in [1.807, 2.05) is 129 Å². The van der Waals surface area contributed by atoms with Gasteiger partial charge in [-0.3, -0.25) is 14.4 Å². The molecule has 0 fully saturated rings. The fourth-order valence-electron chi connectivity index (χ4n) is 5.62. The number of aryl methyl sites for hydroxylation is 2. The van der Waals surface area contributed by atoms with E-state index in [-0.39, 0.29) is 11.6 Å². The molecule has 0 saturated carbocycles. The highest BCUT2D eigenvalue weighted by Crippen LogP contribution is 2.37. The topological polar surface area (TPSA) is 87.3 Å². The van der Waals surface area contributed by atoms with Gasteiger partial charge in [0.25, 0.3) is 11.8 Å². The third kappa shape index (κ3) is 9.50. The quantitative estimate of drug-likeness (QED) is 0.0935. The van der Waals surface area contributed by atoms with Crippen molar-refractivity contribution < 1.29 is 14.4 Å². The Bertz CT molecular complexity index is 2130. The van der Waals surface area contributed by atoms with Crippen LogP contribution in [0.1, 0.15) is 37.9 Å². The Kier molecular flexibility index (Phi) is 11.2. The van der Waals surface area contributed by atoms with E-state index in [1.165, 1.54) is 11.8 Å². The Morgan fingerprint density at radius 3 is 1.78 bits per heavy atom. The van der Waals surface area contributed by atoms with Crippen molar-refractivity contribution in [1.29, 1.82) is 0 Å². The fourth-order valence-corrected chi connectivity index (χ4v) is 6.64. The second-order valence-electron chi connectivity index (χ2n) is 12.1. The number of amides is 3. The van der Waals surface area contributed by atoms with Crippen LogP contribution in [0.15, 0.2) is 168 Å². The lowest BCUT2D eigenvalue weighted by molar-refractivity contribution is -0.116. The summed E-state index contributed by atoms with van der Waals surface area (Å²) in [5.74, 6) is -0.994. The van der Waals surface area contributed by atoms with Crippen LogP contribution in [0.3, 0.4) is 0 Å². The second kappa shape index (κ2) is 16.5. The second-order valence-corrected chi connectivity index (χ2v) is 13.3. The van der Waals surface area contributed by atoms with Gasteiger partial charge in [-0.1, -0.05) is 109 Å².